The third kappa shape index (κ3) is 3.69. The largest absolute Gasteiger partial charge is 0.548 e. The summed E-state index contributed by atoms with van der Waals surface area (Å²) >= 11 is 0. The molecular formula is C13H15N2O4-. The number of hydrogen-bond donors (Lipinski definition) is 1. The average Bonchev–Trinajstić information content (AvgIpc) is 2.46. The zero-order chi connectivity index (χ0) is 13.7. The molecule has 1 amide bonds. The Balaban J connectivity index is 1.84. The van der Waals surface area contributed by atoms with Gasteiger partial charge in [0, 0.05) is 19.6 Å². The number of nitrogens with one attached hydrogen (secondary N) is 1. The van der Waals surface area contributed by atoms with Crippen LogP contribution in [0.15, 0.2) is 30.3 Å². The van der Waals surface area contributed by atoms with Gasteiger partial charge in [0.15, 0.2) is 0 Å². The van der Waals surface area contributed by atoms with Crippen molar-refractivity contribution in [1.29, 1.82) is 0 Å². The van der Waals surface area contributed by atoms with Gasteiger partial charge in [0.25, 0.3) is 0 Å². The number of nitrogens with zero attached hydrogens (tertiary/aromatic N) is 1. The van der Waals surface area contributed by atoms with Crippen LogP contribution in [0.1, 0.15) is 5.56 Å². The van der Waals surface area contributed by atoms with Crippen LogP contribution < -0.4 is 10.4 Å². The number of rotatable bonds is 3. The molecule has 1 N–H and O–H groups in total. The summed E-state index contributed by atoms with van der Waals surface area (Å²) < 4.78 is 5.14. The molecule has 102 valence electrons. The smallest absolute Gasteiger partial charge is 0.410 e. The van der Waals surface area contributed by atoms with Gasteiger partial charge in [0.1, 0.15) is 6.61 Å². The van der Waals surface area contributed by atoms with E-state index in [1.165, 1.54) is 4.90 Å². The fraction of sp³-hybridized carbons (Fsp3) is 0.385. The maximum absolute atomic E-state index is 11.8. The van der Waals surface area contributed by atoms with Crippen LogP contribution in [0.4, 0.5) is 4.79 Å². The van der Waals surface area contributed by atoms with E-state index in [-0.39, 0.29) is 13.2 Å². The second kappa shape index (κ2) is 6.19. The molecule has 0 radical (unpaired) electrons. The summed E-state index contributed by atoms with van der Waals surface area (Å²) in [6, 6.07) is 8.48. The highest BCUT2D eigenvalue weighted by atomic mass is 16.6. The molecular weight excluding hydrogens is 248 g/mol. The van der Waals surface area contributed by atoms with Crippen molar-refractivity contribution < 1.29 is 19.4 Å². The van der Waals surface area contributed by atoms with Gasteiger partial charge in [-0.15, -0.1) is 0 Å². The number of amides is 1. The second-order valence-corrected chi connectivity index (χ2v) is 4.31. The number of ether oxygens (including phenoxy) is 1. The minimum absolute atomic E-state index is 0.0654. The monoisotopic (exact) mass is 263 g/mol. The molecule has 1 aromatic rings. The average molecular weight is 263 g/mol. The van der Waals surface area contributed by atoms with Gasteiger partial charge in [0.05, 0.1) is 12.0 Å². The quantitative estimate of drug-likeness (QED) is 0.783. The van der Waals surface area contributed by atoms with Crippen molar-refractivity contribution >= 4 is 12.1 Å². The lowest BCUT2D eigenvalue weighted by atomic mass is 10.2. The summed E-state index contributed by atoms with van der Waals surface area (Å²) in [4.78, 5) is 23.9. The summed E-state index contributed by atoms with van der Waals surface area (Å²) in [5.74, 6) is -1.21. The standard InChI is InChI=1S/C13H16N2O4/c16-12(17)11-8-15(7-6-14-11)13(18)19-9-10-4-2-1-3-5-10/h1-5,11,14H,6-9H2,(H,16,17)/p-1/t11-/m1/s1. The van der Waals surface area contributed by atoms with Crippen molar-refractivity contribution in [1.82, 2.24) is 10.2 Å². The second-order valence-electron chi connectivity index (χ2n) is 4.31. The van der Waals surface area contributed by atoms with E-state index < -0.39 is 18.1 Å². The predicted molar refractivity (Wildman–Crippen MR) is 65.0 cm³/mol. The number of piperazine rings is 1. The Morgan fingerprint density at radius 3 is 2.79 bits per heavy atom. The lowest BCUT2D eigenvalue weighted by Crippen LogP contribution is -2.59. The van der Waals surface area contributed by atoms with Gasteiger partial charge < -0.3 is 24.9 Å². The summed E-state index contributed by atoms with van der Waals surface area (Å²) in [6.45, 7) is 1.09. The molecule has 0 spiro atoms. The van der Waals surface area contributed by atoms with Gasteiger partial charge in [-0.2, -0.15) is 0 Å². The summed E-state index contributed by atoms with van der Waals surface area (Å²) in [7, 11) is 0. The van der Waals surface area contributed by atoms with Crippen LogP contribution in [-0.2, 0) is 16.1 Å². The Kier molecular flexibility index (Phi) is 4.35. The van der Waals surface area contributed by atoms with Crippen molar-refractivity contribution in [3.63, 3.8) is 0 Å². The Hall–Kier alpha value is -2.08. The van der Waals surface area contributed by atoms with Crippen LogP contribution in [0.5, 0.6) is 0 Å². The molecule has 0 saturated carbocycles. The van der Waals surface area contributed by atoms with Gasteiger partial charge in [0.2, 0.25) is 0 Å². The molecule has 0 unspecified atom stereocenters. The lowest BCUT2D eigenvalue weighted by molar-refractivity contribution is -0.309. The van der Waals surface area contributed by atoms with Crippen molar-refractivity contribution in [2.75, 3.05) is 19.6 Å². The van der Waals surface area contributed by atoms with Gasteiger partial charge in [-0.3, -0.25) is 0 Å². The van der Waals surface area contributed by atoms with E-state index in [1.54, 1.807) is 0 Å². The third-order valence-electron chi connectivity index (χ3n) is 2.92. The molecule has 2 rings (SSSR count). The predicted octanol–water partition coefficient (Wildman–Crippen LogP) is -0.653. The lowest BCUT2D eigenvalue weighted by Gasteiger charge is -2.33. The van der Waals surface area contributed by atoms with E-state index in [0.29, 0.717) is 13.1 Å². The van der Waals surface area contributed by atoms with Gasteiger partial charge in [-0.05, 0) is 5.56 Å². The number of benzene rings is 1. The maximum Gasteiger partial charge on any atom is 0.410 e. The zero-order valence-electron chi connectivity index (χ0n) is 10.4. The van der Waals surface area contributed by atoms with Crippen LogP contribution in [-0.4, -0.2) is 42.6 Å². The number of hydrogen-bond acceptors (Lipinski definition) is 5. The van der Waals surface area contributed by atoms with Crippen LogP contribution >= 0.6 is 0 Å². The molecule has 1 fully saturated rings. The number of aliphatic carboxylic acids is 1. The van der Waals surface area contributed by atoms with E-state index in [0.717, 1.165) is 5.56 Å². The van der Waals surface area contributed by atoms with Gasteiger partial charge in [-0.1, -0.05) is 30.3 Å². The minimum Gasteiger partial charge on any atom is -0.548 e. The Bertz CT molecular complexity index is 449. The number of carboxylic acid groups (broad SMARTS) is 1. The first-order valence-corrected chi connectivity index (χ1v) is 6.06. The molecule has 1 heterocycles. The van der Waals surface area contributed by atoms with Crippen molar-refractivity contribution in [2.24, 2.45) is 0 Å². The third-order valence-corrected chi connectivity index (χ3v) is 2.92. The number of carbonyl (C=O) groups is 2. The molecule has 19 heavy (non-hydrogen) atoms. The normalized spacial score (nSPS) is 18.9. The summed E-state index contributed by atoms with van der Waals surface area (Å²) in [6.07, 6.45) is -0.503. The first-order valence-electron chi connectivity index (χ1n) is 6.06. The van der Waals surface area contributed by atoms with E-state index in [4.69, 9.17) is 4.74 Å². The molecule has 6 heteroatoms. The molecule has 1 aliphatic heterocycles. The molecule has 1 atom stereocenters. The van der Waals surface area contributed by atoms with Gasteiger partial charge >= 0.3 is 6.09 Å². The van der Waals surface area contributed by atoms with E-state index in [2.05, 4.69) is 5.32 Å². The molecule has 6 nitrogen and oxygen atoms in total. The van der Waals surface area contributed by atoms with E-state index >= 15 is 0 Å². The van der Waals surface area contributed by atoms with Crippen LogP contribution in [0.2, 0.25) is 0 Å². The van der Waals surface area contributed by atoms with Crippen molar-refractivity contribution in [2.45, 2.75) is 12.6 Å². The highest BCUT2D eigenvalue weighted by molar-refractivity contribution is 5.74. The topological polar surface area (TPSA) is 81.7 Å². The van der Waals surface area contributed by atoms with Crippen LogP contribution in [0.3, 0.4) is 0 Å². The Morgan fingerprint density at radius 2 is 2.11 bits per heavy atom. The highest BCUT2D eigenvalue weighted by Gasteiger charge is 2.24. The SMILES string of the molecule is O=C([O-])[C@H]1CN(C(=O)OCc2ccccc2)CCN1. The fourth-order valence-electron chi connectivity index (χ4n) is 1.88. The summed E-state index contributed by atoms with van der Waals surface area (Å²) in [5.41, 5.74) is 0.891. The summed E-state index contributed by atoms with van der Waals surface area (Å²) in [5, 5.41) is 13.5. The Morgan fingerprint density at radius 1 is 1.37 bits per heavy atom. The van der Waals surface area contributed by atoms with Crippen molar-refractivity contribution in [3.05, 3.63) is 35.9 Å². The molecule has 0 aliphatic carbocycles. The number of carboxylic acids is 1. The van der Waals surface area contributed by atoms with Crippen LogP contribution in [0, 0.1) is 0 Å². The van der Waals surface area contributed by atoms with Crippen LogP contribution in [0.25, 0.3) is 0 Å². The molecule has 1 saturated heterocycles. The van der Waals surface area contributed by atoms with E-state index in [9.17, 15) is 14.7 Å². The van der Waals surface area contributed by atoms with E-state index in [1.807, 2.05) is 30.3 Å². The Labute approximate surface area is 111 Å². The molecule has 1 aromatic carbocycles. The first-order chi connectivity index (χ1) is 9.16. The molecule has 1 aliphatic rings. The maximum atomic E-state index is 11.8. The molecule has 0 bridgehead atoms. The van der Waals surface area contributed by atoms with Gasteiger partial charge in [-0.25, -0.2) is 4.79 Å². The fourth-order valence-corrected chi connectivity index (χ4v) is 1.88. The number of carbonyl (C=O) groups excluding carboxylic acids is 2. The highest BCUT2D eigenvalue weighted by Crippen LogP contribution is 2.05. The van der Waals surface area contributed by atoms with Crippen molar-refractivity contribution in [3.8, 4) is 0 Å². The zero-order valence-corrected chi connectivity index (χ0v) is 10.4. The minimum atomic E-state index is -1.21. The molecule has 0 aromatic heterocycles. The first kappa shape index (κ1) is 13.4.